The van der Waals surface area contributed by atoms with E-state index < -0.39 is 18.9 Å². The van der Waals surface area contributed by atoms with Gasteiger partial charge in [0, 0.05) is 128 Å². The van der Waals surface area contributed by atoms with Crippen LogP contribution in [0.1, 0.15) is 75.6 Å². The molecule has 0 spiro atoms. The van der Waals surface area contributed by atoms with Gasteiger partial charge in [0.05, 0.1) is 21.5 Å². The van der Waals surface area contributed by atoms with Crippen LogP contribution >= 0.6 is 7.60 Å². The Hall–Kier alpha value is -8.98. The molecular formula is C70H89N12O9P. The molecule has 22 heteroatoms. The van der Waals surface area contributed by atoms with Crippen LogP contribution in [0.2, 0.25) is 0 Å². The van der Waals surface area contributed by atoms with Crippen LogP contribution in [0.15, 0.2) is 171 Å². The summed E-state index contributed by atoms with van der Waals surface area (Å²) in [5.74, 6) is 0. The summed E-state index contributed by atoms with van der Waals surface area (Å²) >= 11 is 0. The normalized spacial score (nSPS) is 13.1. The summed E-state index contributed by atoms with van der Waals surface area (Å²) in [6.07, 6.45) is 9.10. The number of allylic oxidation sites excluding steroid dienone is 2. The molecular weight excluding hydrogens is 1180 g/mol. The van der Waals surface area contributed by atoms with Gasteiger partial charge in [-0.15, -0.1) is 0 Å². The van der Waals surface area contributed by atoms with Crippen molar-refractivity contribution in [3.63, 3.8) is 0 Å². The molecule has 2 aromatic heterocycles. The quantitative estimate of drug-likeness (QED) is 0.0104. The second-order valence-corrected chi connectivity index (χ2v) is 24.7. The lowest BCUT2D eigenvalue weighted by molar-refractivity contribution is 0.132. The molecule has 0 saturated heterocycles. The number of unbranched alkanes of at least 4 members (excludes halogenated alkanes) is 2. The zero-order valence-corrected chi connectivity index (χ0v) is 55.0. The number of nitrogens with one attached hydrogen (secondary N) is 6. The van der Waals surface area contributed by atoms with E-state index in [-0.39, 0.29) is 22.2 Å². The Bertz CT molecular complexity index is 4090. The molecule has 2 unspecified atom stereocenters. The fourth-order valence-electron chi connectivity index (χ4n) is 11.5. The first-order chi connectivity index (χ1) is 44.3. The molecule has 2 heterocycles. The van der Waals surface area contributed by atoms with Gasteiger partial charge in [-0.2, -0.15) is 0 Å². The van der Waals surface area contributed by atoms with E-state index in [4.69, 9.17) is 4.52 Å². The Balaban J connectivity index is 0.975. The number of anilines is 6. The highest BCUT2D eigenvalue weighted by Crippen LogP contribution is 2.53. The Kier molecular flexibility index (Phi) is 24.2. The molecule has 0 saturated carbocycles. The minimum Gasteiger partial charge on any atom is -0.472 e. The predicted octanol–water partition coefficient (Wildman–Crippen LogP) is 10.1. The molecule has 92 heavy (non-hydrogen) atoms. The molecule has 8 N–H and O–H groups in total. The summed E-state index contributed by atoms with van der Waals surface area (Å²) in [7, 11) is 2.44. The van der Waals surface area contributed by atoms with Gasteiger partial charge in [-0.05, 0) is 185 Å². The van der Waals surface area contributed by atoms with Gasteiger partial charge in [0.25, 0.3) is 22.2 Å². The average molecular weight is 1270 g/mol. The van der Waals surface area contributed by atoms with Crippen LogP contribution < -0.4 is 62.3 Å². The van der Waals surface area contributed by atoms with Crippen molar-refractivity contribution in [3.8, 4) is 0 Å². The Morgan fingerprint density at radius 1 is 0.478 bits per heavy atom. The van der Waals surface area contributed by atoms with Gasteiger partial charge >= 0.3 is 13.3 Å². The number of rotatable bonds is 35. The SMILES string of the molecule is CCN(CCCCNCCN(CC)c1ccc(C(=CC=CC(OP(=O)(O)C(=O)O)(c2ccc(N(C)C)cc2)c2ccc(N(CC)CCNCCCCN(CC)c3ccc4c(=O)[nH][nH]c(=O)c4c3)cc2)c2ccc(N(C)C)cc2)cc1)c1ccc2c(=O)[nH][nH]c(=O)c2c1. The van der Waals surface area contributed by atoms with Gasteiger partial charge in [0.1, 0.15) is 5.60 Å². The number of nitrogens with zero attached hydrogens (tertiary/aromatic N) is 6. The van der Waals surface area contributed by atoms with Crippen LogP contribution in [-0.4, -0.2) is 143 Å². The summed E-state index contributed by atoms with van der Waals surface area (Å²) in [4.78, 5) is 86.2. The minimum atomic E-state index is -5.34. The fourth-order valence-corrected chi connectivity index (χ4v) is 12.2. The number of aromatic amines is 4. The monoisotopic (exact) mass is 1270 g/mol. The number of benzene rings is 6. The summed E-state index contributed by atoms with van der Waals surface area (Å²) in [5, 5.41) is 28.5. The Morgan fingerprint density at radius 2 is 0.826 bits per heavy atom. The lowest BCUT2D eigenvalue weighted by Gasteiger charge is -2.33. The van der Waals surface area contributed by atoms with Crippen LogP contribution in [0.3, 0.4) is 0 Å². The molecule has 0 radical (unpaired) electrons. The summed E-state index contributed by atoms with van der Waals surface area (Å²) in [5.41, 5.74) is 4.01. The van der Waals surface area contributed by atoms with Crippen molar-refractivity contribution >= 4 is 74.5 Å². The van der Waals surface area contributed by atoms with E-state index in [2.05, 4.69) is 115 Å². The number of hydrogen-bond acceptors (Lipinski definition) is 15. The standard InChI is InChI=1S/C70H89N12O9P/c1-9-79(58-35-37-61-63(48-58)67(85)75-73-65(61)83)44-15-13-40-71-42-46-81(11-3)56-29-21-51(22-30-56)60(50-19-27-54(28-20-50)77(5)6)18-17-39-70(91-92(89,90)69(87)88,52-23-31-55(32-24-52)78(7)8)53-25-33-57(34-26-53)82(12-4)47-43-72-41-14-16-45-80(10-2)59-36-38-62-64(49-59)68(86)76-74-66(62)84/h17-39,48-49,71-72H,9-16,40-47H2,1-8H3,(H,73,83)(H,74,84)(H,75,85)(H,76,86)(H,87,88)(H,89,90). The van der Waals surface area contributed by atoms with Crippen molar-refractivity contribution in [1.82, 2.24) is 31.0 Å². The molecule has 0 aliphatic rings. The molecule has 0 fully saturated rings. The number of aromatic nitrogens is 4. The van der Waals surface area contributed by atoms with E-state index in [0.717, 1.165) is 135 Å². The molecule has 8 rings (SSSR count). The highest BCUT2D eigenvalue weighted by molar-refractivity contribution is 7.70. The topological polar surface area (TPSA) is 259 Å². The number of carbonyl (C=O) groups is 1. The van der Waals surface area contributed by atoms with E-state index in [0.29, 0.717) is 52.3 Å². The van der Waals surface area contributed by atoms with Crippen molar-refractivity contribution in [1.29, 1.82) is 0 Å². The number of likely N-dealkylation sites (N-methyl/N-ethyl adjacent to an activating group) is 2. The molecule has 8 aromatic rings. The number of hydrogen-bond donors (Lipinski definition) is 8. The zero-order chi connectivity index (χ0) is 66.0. The van der Waals surface area contributed by atoms with Crippen molar-refractivity contribution in [2.24, 2.45) is 0 Å². The molecule has 0 amide bonds. The lowest BCUT2D eigenvalue weighted by Crippen LogP contribution is -2.33. The minimum absolute atomic E-state index is 0.322. The van der Waals surface area contributed by atoms with E-state index in [1.165, 1.54) is 0 Å². The van der Waals surface area contributed by atoms with Crippen LogP contribution in [0.5, 0.6) is 0 Å². The maximum absolute atomic E-state index is 13.9. The first kappa shape index (κ1) is 68.9. The molecule has 0 aliphatic heterocycles. The maximum atomic E-state index is 13.9. The zero-order valence-electron chi connectivity index (χ0n) is 54.1. The molecule has 0 bridgehead atoms. The van der Waals surface area contributed by atoms with E-state index in [9.17, 15) is 38.5 Å². The highest BCUT2D eigenvalue weighted by Gasteiger charge is 2.44. The largest absolute Gasteiger partial charge is 0.472 e. The number of carboxylic acid groups (broad SMARTS) is 1. The van der Waals surface area contributed by atoms with Crippen molar-refractivity contribution in [2.75, 3.05) is 136 Å². The second kappa shape index (κ2) is 32.3. The van der Waals surface area contributed by atoms with Gasteiger partial charge in [-0.3, -0.25) is 44.1 Å². The molecule has 488 valence electrons. The number of fused-ring (bicyclic) bond motifs is 2. The van der Waals surface area contributed by atoms with Gasteiger partial charge in [-0.25, -0.2) is 9.36 Å². The summed E-state index contributed by atoms with van der Waals surface area (Å²) in [6, 6.07) is 42.1. The van der Waals surface area contributed by atoms with Crippen LogP contribution in [-0.2, 0) is 14.7 Å². The number of H-pyrrole nitrogens is 4. The second-order valence-electron chi connectivity index (χ2n) is 23.1. The average Bonchev–Trinajstić information content (AvgIpc) is 0.780. The smallest absolute Gasteiger partial charge is 0.437 e. The molecule has 21 nitrogen and oxygen atoms in total. The first-order valence-corrected chi connectivity index (χ1v) is 33.2. The third kappa shape index (κ3) is 17.1. The predicted molar refractivity (Wildman–Crippen MR) is 376 cm³/mol. The van der Waals surface area contributed by atoms with Crippen molar-refractivity contribution in [3.05, 3.63) is 215 Å². The van der Waals surface area contributed by atoms with E-state index in [1.54, 1.807) is 48.6 Å². The third-order valence-corrected chi connectivity index (χ3v) is 17.8. The Labute approximate surface area is 537 Å². The van der Waals surface area contributed by atoms with E-state index >= 15 is 0 Å². The molecule has 0 aliphatic carbocycles. The van der Waals surface area contributed by atoms with Crippen molar-refractivity contribution in [2.45, 2.75) is 59.0 Å². The van der Waals surface area contributed by atoms with Crippen LogP contribution in [0.25, 0.3) is 27.1 Å². The van der Waals surface area contributed by atoms with Gasteiger partial charge in [0.15, 0.2) is 0 Å². The lowest BCUT2D eigenvalue weighted by atomic mass is 9.85. The summed E-state index contributed by atoms with van der Waals surface area (Å²) < 4.78 is 20.0. The fraction of sp³-hybridized carbons (Fsp3) is 0.357. The van der Waals surface area contributed by atoms with Gasteiger partial charge < -0.3 is 50.0 Å². The van der Waals surface area contributed by atoms with Gasteiger partial charge in [-0.1, -0.05) is 60.7 Å². The van der Waals surface area contributed by atoms with E-state index in [1.807, 2.05) is 105 Å². The Morgan fingerprint density at radius 3 is 1.21 bits per heavy atom. The highest BCUT2D eigenvalue weighted by atomic mass is 31.2. The maximum Gasteiger partial charge on any atom is 0.437 e. The third-order valence-electron chi connectivity index (χ3n) is 16.8. The van der Waals surface area contributed by atoms with Crippen LogP contribution in [0.4, 0.5) is 38.9 Å². The van der Waals surface area contributed by atoms with Crippen molar-refractivity contribution < 1.29 is 23.9 Å². The summed E-state index contributed by atoms with van der Waals surface area (Å²) in [6.45, 7) is 17.5. The van der Waals surface area contributed by atoms with Gasteiger partial charge in [0.2, 0.25) is 0 Å². The van der Waals surface area contributed by atoms with Crippen LogP contribution in [0, 0.1) is 0 Å². The molecule has 2 atom stereocenters. The first-order valence-electron chi connectivity index (χ1n) is 31.6. The molecule has 6 aromatic carbocycles.